The highest BCUT2D eigenvalue weighted by atomic mass is 15.2. The van der Waals surface area contributed by atoms with Crippen molar-refractivity contribution in [2.75, 3.05) is 0 Å². The summed E-state index contributed by atoms with van der Waals surface area (Å²) in [4.78, 5) is 0. The summed E-state index contributed by atoms with van der Waals surface area (Å²) >= 11 is 0. The van der Waals surface area contributed by atoms with E-state index in [4.69, 9.17) is 0 Å². The predicted octanol–water partition coefficient (Wildman–Crippen LogP) is 20.5. The predicted molar refractivity (Wildman–Crippen MR) is 271 cm³/mol. The fourth-order valence-electron chi connectivity index (χ4n) is 9.84. The van der Waals surface area contributed by atoms with Gasteiger partial charge in [0, 0.05) is 22.3 Å². The SMILES string of the molecule is CCCCCCCCCCCCCCCCCCCCCCCc1cccc(C2=C(CCCC)C(CCCCCCCC)=C(c3cccc(CCCCCCCC)c3)[N+]2=[N-])c1. The molecule has 0 fully saturated rings. The zero-order valence-corrected chi connectivity index (χ0v) is 41.1. The van der Waals surface area contributed by atoms with Gasteiger partial charge in [0.05, 0.1) is 0 Å². The molecular formula is C59H98N2. The number of unbranched alkanes of at least 4 members (excludes halogenated alkanes) is 31. The second kappa shape index (κ2) is 35.9. The lowest BCUT2D eigenvalue weighted by atomic mass is 9.91. The van der Waals surface area contributed by atoms with Crippen LogP contribution in [0.15, 0.2) is 59.7 Å². The normalized spacial score (nSPS) is 13.1. The van der Waals surface area contributed by atoms with Crippen molar-refractivity contribution >= 4 is 11.4 Å². The first-order valence-corrected chi connectivity index (χ1v) is 27.3. The van der Waals surface area contributed by atoms with Gasteiger partial charge in [0.15, 0.2) is 0 Å². The molecule has 0 saturated carbocycles. The molecule has 61 heavy (non-hydrogen) atoms. The van der Waals surface area contributed by atoms with Gasteiger partial charge in [-0.1, -0.05) is 251 Å². The molecule has 3 rings (SSSR count). The fraction of sp³-hybridized carbons (Fsp3) is 0.729. The van der Waals surface area contributed by atoms with Crippen LogP contribution in [0, 0.1) is 0 Å². The standard InChI is InChI=1S/C59H98N2/c1-5-9-13-16-19-20-21-22-23-24-25-26-27-28-29-30-31-32-33-35-38-43-53-44-40-46-54(50-53)58-56(48-12-8-4)57(49-39-36-18-15-11-7-3)59(61(58)60)55-47-41-45-52(51-55)42-37-34-17-14-10-6-2/h40-41,44-47,50-51H,5-39,42-43,48-49H2,1-4H3. The first kappa shape index (κ1) is 52.9. The second-order valence-electron chi connectivity index (χ2n) is 19.3. The van der Waals surface area contributed by atoms with Gasteiger partial charge in [-0.25, -0.2) is 4.70 Å². The van der Waals surface area contributed by atoms with E-state index < -0.39 is 0 Å². The summed E-state index contributed by atoms with van der Waals surface area (Å²) in [6.07, 6.45) is 52.2. The van der Waals surface area contributed by atoms with E-state index in [1.807, 2.05) is 0 Å². The summed E-state index contributed by atoms with van der Waals surface area (Å²) in [6.45, 7) is 9.21. The minimum Gasteiger partial charge on any atom is -0.493 e. The van der Waals surface area contributed by atoms with Gasteiger partial charge in [0.1, 0.15) is 0 Å². The first-order chi connectivity index (χ1) is 30.1. The van der Waals surface area contributed by atoms with Crippen LogP contribution in [-0.2, 0) is 12.8 Å². The molecule has 0 aromatic heterocycles. The Morgan fingerprint density at radius 2 is 0.574 bits per heavy atom. The van der Waals surface area contributed by atoms with Gasteiger partial charge in [-0.15, -0.1) is 0 Å². The molecule has 1 aliphatic heterocycles. The number of hydrogen-bond acceptors (Lipinski definition) is 0. The zero-order valence-electron chi connectivity index (χ0n) is 41.1. The number of aryl methyl sites for hydroxylation is 2. The number of hydrogen-bond donors (Lipinski definition) is 0. The third kappa shape index (κ3) is 22.6. The summed E-state index contributed by atoms with van der Waals surface area (Å²) in [5.41, 5.74) is 22.4. The van der Waals surface area contributed by atoms with Crippen molar-refractivity contribution in [2.45, 2.75) is 278 Å². The van der Waals surface area contributed by atoms with E-state index in [0.29, 0.717) is 0 Å². The van der Waals surface area contributed by atoms with Gasteiger partial charge in [-0.05, 0) is 86.8 Å². The fourth-order valence-corrected chi connectivity index (χ4v) is 9.84. The van der Waals surface area contributed by atoms with Crippen molar-refractivity contribution in [1.29, 1.82) is 0 Å². The third-order valence-electron chi connectivity index (χ3n) is 13.7. The molecule has 0 aliphatic carbocycles. The van der Waals surface area contributed by atoms with Crippen LogP contribution in [0.4, 0.5) is 0 Å². The average molecular weight is 835 g/mol. The van der Waals surface area contributed by atoms with Crippen LogP contribution in [-0.4, -0.2) is 4.70 Å². The topological polar surface area (TPSA) is 25.3 Å². The number of allylic oxidation sites excluding steroid dienone is 2. The highest BCUT2D eigenvalue weighted by molar-refractivity contribution is 5.82. The van der Waals surface area contributed by atoms with Gasteiger partial charge in [-0.3, -0.25) is 0 Å². The van der Waals surface area contributed by atoms with E-state index in [-0.39, 0.29) is 0 Å². The summed E-state index contributed by atoms with van der Waals surface area (Å²) < 4.78 is 1.62. The minimum absolute atomic E-state index is 1.03. The molecule has 2 heteroatoms. The smallest absolute Gasteiger partial charge is 0.211 e. The summed E-state index contributed by atoms with van der Waals surface area (Å²) in [6, 6.07) is 18.4. The maximum absolute atomic E-state index is 12.3. The van der Waals surface area contributed by atoms with Crippen molar-refractivity contribution in [3.63, 3.8) is 0 Å². The van der Waals surface area contributed by atoms with Gasteiger partial charge in [-0.2, -0.15) is 0 Å². The quantitative estimate of drug-likeness (QED) is 0.0471. The summed E-state index contributed by atoms with van der Waals surface area (Å²) in [5, 5.41) is 0. The van der Waals surface area contributed by atoms with Gasteiger partial charge in [0.25, 0.3) is 0 Å². The van der Waals surface area contributed by atoms with E-state index >= 15 is 0 Å². The minimum atomic E-state index is 1.03. The van der Waals surface area contributed by atoms with E-state index in [9.17, 15) is 5.53 Å². The second-order valence-corrected chi connectivity index (χ2v) is 19.3. The van der Waals surface area contributed by atoms with Crippen LogP contribution in [0.2, 0.25) is 0 Å². The number of benzene rings is 2. The number of rotatable bonds is 41. The Kier molecular flexibility index (Phi) is 31.1. The largest absolute Gasteiger partial charge is 0.493 e. The number of nitrogens with zero attached hydrogens (tertiary/aromatic N) is 2. The average Bonchev–Trinajstić information content (AvgIpc) is 3.55. The Balaban J connectivity index is 1.48. The highest BCUT2D eigenvalue weighted by Crippen LogP contribution is 2.45. The van der Waals surface area contributed by atoms with E-state index in [1.54, 1.807) is 4.70 Å². The summed E-state index contributed by atoms with van der Waals surface area (Å²) in [7, 11) is 0. The van der Waals surface area contributed by atoms with Crippen LogP contribution in [0.3, 0.4) is 0 Å². The molecule has 2 aromatic carbocycles. The van der Waals surface area contributed by atoms with Crippen LogP contribution < -0.4 is 0 Å². The van der Waals surface area contributed by atoms with Gasteiger partial charge in [0.2, 0.25) is 11.4 Å². The molecule has 0 atom stereocenters. The van der Waals surface area contributed by atoms with Crippen molar-refractivity contribution in [1.82, 2.24) is 0 Å². The Labute approximate surface area is 380 Å². The van der Waals surface area contributed by atoms with Crippen LogP contribution in [0.1, 0.15) is 288 Å². The van der Waals surface area contributed by atoms with E-state index in [1.165, 1.54) is 245 Å². The highest BCUT2D eigenvalue weighted by Gasteiger charge is 2.35. The Morgan fingerprint density at radius 3 is 0.885 bits per heavy atom. The Morgan fingerprint density at radius 1 is 0.311 bits per heavy atom. The molecule has 0 bridgehead atoms. The van der Waals surface area contributed by atoms with Crippen molar-refractivity contribution in [3.8, 4) is 0 Å². The summed E-state index contributed by atoms with van der Waals surface area (Å²) in [5.74, 6) is 0. The first-order valence-electron chi connectivity index (χ1n) is 27.3. The molecular weight excluding hydrogens is 737 g/mol. The maximum atomic E-state index is 12.3. The van der Waals surface area contributed by atoms with Crippen molar-refractivity contribution in [2.24, 2.45) is 0 Å². The molecule has 0 amide bonds. The van der Waals surface area contributed by atoms with Crippen LogP contribution in [0.25, 0.3) is 16.9 Å². The van der Waals surface area contributed by atoms with Crippen molar-refractivity contribution < 1.29 is 4.70 Å². The van der Waals surface area contributed by atoms with E-state index in [2.05, 4.69) is 76.2 Å². The maximum Gasteiger partial charge on any atom is 0.211 e. The van der Waals surface area contributed by atoms with Crippen molar-refractivity contribution in [3.05, 3.63) is 87.5 Å². The lowest BCUT2D eigenvalue weighted by Crippen LogP contribution is -2.03. The monoisotopic (exact) mass is 835 g/mol. The van der Waals surface area contributed by atoms with Gasteiger partial charge < -0.3 is 5.53 Å². The van der Waals surface area contributed by atoms with E-state index in [0.717, 1.165) is 49.9 Å². The van der Waals surface area contributed by atoms with Gasteiger partial charge >= 0.3 is 0 Å². The molecule has 344 valence electrons. The molecule has 0 saturated heterocycles. The lowest BCUT2D eigenvalue weighted by molar-refractivity contribution is -0.345. The molecule has 0 radical (unpaired) electrons. The molecule has 1 aliphatic rings. The Hall–Kier alpha value is -2.48. The van der Waals surface area contributed by atoms with Crippen LogP contribution in [0.5, 0.6) is 0 Å². The third-order valence-corrected chi connectivity index (χ3v) is 13.7. The van der Waals surface area contributed by atoms with Crippen LogP contribution >= 0.6 is 0 Å². The molecule has 2 aromatic rings. The Bertz CT molecular complexity index is 1460. The lowest BCUT2D eigenvalue weighted by Gasteiger charge is -2.12. The zero-order chi connectivity index (χ0) is 43.4. The molecule has 0 spiro atoms. The molecule has 2 nitrogen and oxygen atoms in total. The molecule has 0 unspecified atom stereocenters. The molecule has 1 heterocycles. The molecule has 0 N–H and O–H groups in total.